The van der Waals surface area contributed by atoms with Crippen LogP contribution in [0.25, 0.3) is 5.52 Å². The summed E-state index contributed by atoms with van der Waals surface area (Å²) < 4.78 is 3.23. The molecule has 2 heterocycles. The minimum atomic E-state index is 0.654. The van der Waals surface area contributed by atoms with Gasteiger partial charge < -0.3 is 4.40 Å². The van der Waals surface area contributed by atoms with E-state index in [-0.39, 0.29) is 0 Å². The van der Waals surface area contributed by atoms with Gasteiger partial charge in [-0.25, -0.2) is 4.98 Å². The van der Waals surface area contributed by atoms with E-state index in [2.05, 4.69) is 45.6 Å². The van der Waals surface area contributed by atoms with Gasteiger partial charge in [0.25, 0.3) is 0 Å². The molecule has 3 rings (SSSR count). The van der Waals surface area contributed by atoms with E-state index in [1.807, 2.05) is 0 Å². The molecule has 3 heteroatoms. The van der Waals surface area contributed by atoms with Gasteiger partial charge in [-0.1, -0.05) is 12.8 Å². The van der Waals surface area contributed by atoms with Gasteiger partial charge in [-0.2, -0.15) is 0 Å². The topological polar surface area (TPSA) is 17.3 Å². The predicted octanol–water partition coefficient (Wildman–Crippen LogP) is 4.06. The van der Waals surface area contributed by atoms with Crippen molar-refractivity contribution in [1.29, 1.82) is 0 Å². The Bertz CT molecular complexity index is 524. The third-order valence-electron chi connectivity index (χ3n) is 3.50. The van der Waals surface area contributed by atoms with Crippen molar-refractivity contribution >= 4 is 21.4 Å². The molecule has 1 aliphatic rings. The van der Waals surface area contributed by atoms with Crippen molar-refractivity contribution in [3.8, 4) is 0 Å². The molecular weight excluding hydrogens is 264 g/mol. The Balaban J connectivity index is 2.18. The number of imidazole rings is 1. The summed E-state index contributed by atoms with van der Waals surface area (Å²) in [5.41, 5.74) is 2.48. The number of pyridine rings is 1. The molecule has 0 atom stereocenters. The van der Waals surface area contributed by atoms with Crippen LogP contribution in [-0.2, 0) is 0 Å². The number of rotatable bonds is 1. The number of hydrogen-bond donors (Lipinski definition) is 0. The normalized spacial score (nSPS) is 17.4. The number of nitrogens with zero attached hydrogens (tertiary/aromatic N) is 2. The summed E-state index contributed by atoms with van der Waals surface area (Å²) in [6, 6.07) is 4.34. The van der Waals surface area contributed by atoms with Crippen molar-refractivity contribution in [3.63, 3.8) is 0 Å². The second kappa shape index (κ2) is 3.88. The van der Waals surface area contributed by atoms with Crippen molar-refractivity contribution in [1.82, 2.24) is 9.38 Å². The molecule has 0 aliphatic heterocycles. The van der Waals surface area contributed by atoms with E-state index in [0.29, 0.717) is 5.92 Å². The molecule has 2 aromatic heterocycles. The molecular formula is C13H15BrN2. The molecule has 1 aliphatic carbocycles. The van der Waals surface area contributed by atoms with Gasteiger partial charge in [0, 0.05) is 12.1 Å². The Labute approximate surface area is 104 Å². The van der Waals surface area contributed by atoms with Gasteiger partial charge in [0.15, 0.2) is 0 Å². The fraction of sp³-hybridized carbons (Fsp3) is 0.462. The van der Waals surface area contributed by atoms with Gasteiger partial charge in [-0.3, -0.25) is 0 Å². The van der Waals surface area contributed by atoms with Crippen LogP contribution >= 0.6 is 15.9 Å². The summed E-state index contributed by atoms with van der Waals surface area (Å²) in [4.78, 5) is 4.69. The molecule has 2 nitrogen and oxygen atoms in total. The fourth-order valence-electron chi connectivity index (χ4n) is 2.65. The maximum Gasteiger partial charge on any atom is 0.132 e. The third kappa shape index (κ3) is 1.58. The summed E-state index contributed by atoms with van der Waals surface area (Å²) in [5.74, 6) is 1.89. The molecule has 0 bridgehead atoms. The van der Waals surface area contributed by atoms with Crippen LogP contribution in [0.5, 0.6) is 0 Å². The number of fused-ring (bicyclic) bond motifs is 1. The SMILES string of the molecule is Cc1ccn2c(C3CCCC3)nc(Br)c2c1. The zero-order chi connectivity index (χ0) is 11.1. The first kappa shape index (κ1) is 10.3. The first-order chi connectivity index (χ1) is 7.75. The number of hydrogen-bond acceptors (Lipinski definition) is 1. The fourth-order valence-corrected chi connectivity index (χ4v) is 3.14. The van der Waals surface area contributed by atoms with Crippen LogP contribution in [0.1, 0.15) is 43.0 Å². The van der Waals surface area contributed by atoms with Crippen molar-refractivity contribution in [3.05, 3.63) is 34.3 Å². The molecule has 16 heavy (non-hydrogen) atoms. The summed E-state index contributed by atoms with van der Waals surface area (Å²) in [6.07, 6.45) is 7.43. The van der Waals surface area contributed by atoms with E-state index in [1.165, 1.54) is 42.6 Å². The van der Waals surface area contributed by atoms with Crippen LogP contribution in [0.15, 0.2) is 22.9 Å². The second-order valence-electron chi connectivity index (χ2n) is 4.70. The van der Waals surface area contributed by atoms with Crippen LogP contribution in [-0.4, -0.2) is 9.38 Å². The van der Waals surface area contributed by atoms with Crippen LogP contribution in [0.2, 0.25) is 0 Å². The van der Waals surface area contributed by atoms with Crippen LogP contribution in [0.4, 0.5) is 0 Å². The lowest BCUT2D eigenvalue weighted by Gasteiger charge is -2.07. The Morgan fingerprint density at radius 2 is 2.12 bits per heavy atom. The molecule has 2 aromatic rings. The number of aromatic nitrogens is 2. The van der Waals surface area contributed by atoms with E-state index >= 15 is 0 Å². The molecule has 1 fully saturated rings. The highest BCUT2D eigenvalue weighted by Crippen LogP contribution is 2.35. The lowest BCUT2D eigenvalue weighted by molar-refractivity contribution is 0.664. The van der Waals surface area contributed by atoms with Gasteiger partial charge in [-0.05, 0) is 53.4 Å². The molecule has 84 valence electrons. The standard InChI is InChI=1S/C13H15BrN2/c1-9-6-7-16-11(8-9)12(14)15-13(16)10-4-2-3-5-10/h6-8,10H,2-5H2,1H3. The molecule has 0 radical (unpaired) electrons. The van der Waals surface area contributed by atoms with Gasteiger partial charge in [0.05, 0.1) is 5.52 Å². The van der Waals surface area contributed by atoms with Gasteiger partial charge >= 0.3 is 0 Å². The molecule has 0 spiro atoms. The summed E-state index contributed by atoms with van der Waals surface area (Å²) >= 11 is 3.57. The van der Waals surface area contributed by atoms with Crippen molar-refractivity contribution in [2.24, 2.45) is 0 Å². The highest BCUT2D eigenvalue weighted by atomic mass is 79.9. The predicted molar refractivity (Wildman–Crippen MR) is 68.8 cm³/mol. The minimum absolute atomic E-state index is 0.654. The zero-order valence-electron chi connectivity index (χ0n) is 9.41. The Hall–Kier alpha value is -0.830. The molecule has 0 saturated heterocycles. The summed E-state index contributed by atoms with van der Waals surface area (Å²) in [5, 5.41) is 0. The van der Waals surface area contributed by atoms with Crippen molar-refractivity contribution < 1.29 is 0 Å². The third-order valence-corrected chi connectivity index (χ3v) is 4.09. The molecule has 0 amide bonds. The van der Waals surface area contributed by atoms with Gasteiger partial charge in [0.2, 0.25) is 0 Å². The lowest BCUT2D eigenvalue weighted by atomic mass is 10.1. The Kier molecular flexibility index (Phi) is 2.51. The largest absolute Gasteiger partial charge is 0.302 e. The maximum absolute atomic E-state index is 4.69. The zero-order valence-corrected chi connectivity index (χ0v) is 11.0. The van der Waals surface area contributed by atoms with E-state index in [1.54, 1.807) is 0 Å². The van der Waals surface area contributed by atoms with Crippen molar-refractivity contribution in [2.45, 2.75) is 38.5 Å². The van der Waals surface area contributed by atoms with Crippen LogP contribution in [0, 0.1) is 6.92 Å². The van der Waals surface area contributed by atoms with Crippen molar-refractivity contribution in [2.75, 3.05) is 0 Å². The molecule has 0 unspecified atom stereocenters. The summed E-state index contributed by atoms with van der Waals surface area (Å²) in [7, 11) is 0. The van der Waals surface area contributed by atoms with E-state index in [0.717, 1.165) is 4.60 Å². The number of aryl methyl sites for hydroxylation is 1. The smallest absolute Gasteiger partial charge is 0.132 e. The number of halogens is 1. The Morgan fingerprint density at radius 1 is 1.38 bits per heavy atom. The highest BCUT2D eigenvalue weighted by Gasteiger charge is 2.22. The average Bonchev–Trinajstić information content (AvgIpc) is 2.87. The van der Waals surface area contributed by atoms with Gasteiger partial charge in [0.1, 0.15) is 10.4 Å². The lowest BCUT2D eigenvalue weighted by Crippen LogP contribution is -1.99. The first-order valence-corrected chi connectivity index (χ1v) is 6.69. The summed E-state index contributed by atoms with van der Waals surface area (Å²) in [6.45, 7) is 2.12. The van der Waals surface area contributed by atoms with Crippen LogP contribution in [0.3, 0.4) is 0 Å². The minimum Gasteiger partial charge on any atom is -0.302 e. The van der Waals surface area contributed by atoms with Gasteiger partial charge in [-0.15, -0.1) is 0 Å². The van der Waals surface area contributed by atoms with Crippen LogP contribution < -0.4 is 0 Å². The van der Waals surface area contributed by atoms with E-state index < -0.39 is 0 Å². The Morgan fingerprint density at radius 3 is 2.88 bits per heavy atom. The maximum atomic E-state index is 4.69. The molecule has 1 saturated carbocycles. The monoisotopic (exact) mass is 278 g/mol. The second-order valence-corrected chi connectivity index (χ2v) is 5.45. The average molecular weight is 279 g/mol. The first-order valence-electron chi connectivity index (χ1n) is 5.90. The highest BCUT2D eigenvalue weighted by molar-refractivity contribution is 9.10. The van der Waals surface area contributed by atoms with E-state index in [9.17, 15) is 0 Å². The quantitative estimate of drug-likeness (QED) is 0.769. The van der Waals surface area contributed by atoms with E-state index in [4.69, 9.17) is 4.98 Å². The molecule has 0 N–H and O–H groups in total. The molecule has 0 aromatic carbocycles.